The largest absolute Gasteiger partial charge is 0.329 e. The quantitative estimate of drug-likeness (QED) is 0.671. The number of nitrogens with one attached hydrogen (secondary N) is 1. The zero-order valence-corrected chi connectivity index (χ0v) is 13.0. The van der Waals surface area contributed by atoms with Gasteiger partial charge in [-0.25, -0.2) is 0 Å². The molecule has 3 rings (SSSR count). The molecule has 0 saturated carbocycles. The van der Waals surface area contributed by atoms with Crippen LogP contribution in [0.1, 0.15) is 38.2 Å². The molecule has 2 atom stereocenters. The van der Waals surface area contributed by atoms with Crippen molar-refractivity contribution in [3.63, 3.8) is 0 Å². The van der Waals surface area contributed by atoms with E-state index >= 15 is 0 Å². The van der Waals surface area contributed by atoms with Crippen molar-refractivity contribution in [2.75, 3.05) is 0 Å². The molecule has 1 fully saturated rings. The number of fused-ring (bicyclic) bond motifs is 1. The first kappa shape index (κ1) is 15.4. The Balaban J connectivity index is 2.05. The molecule has 6 nitrogen and oxygen atoms in total. The third-order valence-electron chi connectivity index (χ3n) is 4.46. The maximum Gasteiger partial charge on any atom is 0.269 e. The van der Waals surface area contributed by atoms with Crippen LogP contribution in [0.15, 0.2) is 36.0 Å². The molecule has 0 unspecified atom stereocenters. The van der Waals surface area contributed by atoms with E-state index in [-0.39, 0.29) is 35.1 Å². The summed E-state index contributed by atoms with van der Waals surface area (Å²) >= 11 is 0. The van der Waals surface area contributed by atoms with Crippen LogP contribution in [0.5, 0.6) is 0 Å². The lowest BCUT2D eigenvalue weighted by atomic mass is 9.68. The molecule has 1 aromatic rings. The van der Waals surface area contributed by atoms with Gasteiger partial charge in [0.2, 0.25) is 5.91 Å². The molecule has 1 N–H and O–H groups in total. The number of amides is 1. The number of ketones is 1. The lowest BCUT2D eigenvalue weighted by Gasteiger charge is -2.39. The summed E-state index contributed by atoms with van der Waals surface area (Å²) in [5.41, 5.74) is 0.987. The maximum atomic E-state index is 12.6. The highest BCUT2D eigenvalue weighted by Gasteiger charge is 2.43. The number of non-ortho nitro benzene ring substituents is 1. The first-order valence-corrected chi connectivity index (χ1v) is 7.56. The second-order valence-electron chi connectivity index (χ2n) is 6.92. The highest BCUT2D eigenvalue weighted by molar-refractivity contribution is 5.92. The predicted molar refractivity (Wildman–Crippen MR) is 83.6 cm³/mol. The lowest BCUT2D eigenvalue weighted by Crippen LogP contribution is -2.45. The lowest BCUT2D eigenvalue weighted by molar-refractivity contribution is -0.384. The Hall–Kier alpha value is -2.50. The standard InChI is InChI=1S/C17H18N2O4/c1-17(2)8-13-16(14(20)9-17)12(7-15(21)18-13)10-4-3-5-11(6-10)19(22)23/h3-6,8,12,16H,7,9H2,1-2H3,(H,18,21)/t12-,16+/m0/s1. The van der Waals surface area contributed by atoms with Gasteiger partial charge in [-0.3, -0.25) is 19.7 Å². The number of hydrogen-bond acceptors (Lipinski definition) is 4. The number of carbonyl (C=O) groups is 2. The van der Waals surface area contributed by atoms with Crippen LogP contribution in [0.3, 0.4) is 0 Å². The Labute approximate surface area is 133 Å². The number of rotatable bonds is 2. The van der Waals surface area contributed by atoms with Gasteiger partial charge < -0.3 is 5.32 Å². The first-order valence-electron chi connectivity index (χ1n) is 7.56. The van der Waals surface area contributed by atoms with Crippen molar-refractivity contribution in [1.82, 2.24) is 5.32 Å². The van der Waals surface area contributed by atoms with Gasteiger partial charge in [0.15, 0.2) is 0 Å². The van der Waals surface area contributed by atoms with Crippen LogP contribution in [-0.2, 0) is 9.59 Å². The number of hydrogen-bond donors (Lipinski definition) is 1. The first-order chi connectivity index (χ1) is 10.8. The molecule has 1 saturated heterocycles. The second kappa shape index (κ2) is 5.30. The van der Waals surface area contributed by atoms with E-state index in [1.165, 1.54) is 12.1 Å². The van der Waals surface area contributed by atoms with Gasteiger partial charge in [0, 0.05) is 36.6 Å². The van der Waals surface area contributed by atoms with Gasteiger partial charge >= 0.3 is 0 Å². The fourth-order valence-corrected chi connectivity index (χ4v) is 3.56. The Morgan fingerprint density at radius 1 is 1.30 bits per heavy atom. The Bertz CT molecular complexity index is 736. The van der Waals surface area contributed by atoms with Crippen molar-refractivity contribution in [1.29, 1.82) is 0 Å². The summed E-state index contributed by atoms with van der Waals surface area (Å²) < 4.78 is 0. The molecule has 1 aromatic carbocycles. The number of carbonyl (C=O) groups excluding carboxylic acids is 2. The smallest absolute Gasteiger partial charge is 0.269 e. The maximum absolute atomic E-state index is 12.6. The SMILES string of the molecule is CC1(C)C=C2NC(=O)C[C@@H](c3cccc([N+](=O)[O-])c3)[C@H]2C(=O)C1. The number of nitro groups is 1. The minimum absolute atomic E-state index is 0.0254. The molecule has 120 valence electrons. The van der Waals surface area contributed by atoms with Crippen molar-refractivity contribution in [3.8, 4) is 0 Å². The van der Waals surface area contributed by atoms with Gasteiger partial charge in [0.05, 0.1) is 10.8 Å². The van der Waals surface area contributed by atoms with E-state index < -0.39 is 10.8 Å². The molecule has 0 radical (unpaired) electrons. The van der Waals surface area contributed by atoms with E-state index in [4.69, 9.17) is 0 Å². The normalized spacial score (nSPS) is 26.1. The zero-order chi connectivity index (χ0) is 16.8. The summed E-state index contributed by atoms with van der Waals surface area (Å²) in [6.45, 7) is 3.91. The van der Waals surface area contributed by atoms with Crippen LogP contribution in [0.4, 0.5) is 5.69 Å². The number of piperidine rings is 1. The van der Waals surface area contributed by atoms with Gasteiger partial charge in [0.25, 0.3) is 5.69 Å². The van der Waals surface area contributed by atoms with Gasteiger partial charge in [-0.15, -0.1) is 0 Å². The van der Waals surface area contributed by atoms with E-state index in [0.717, 1.165) is 0 Å². The van der Waals surface area contributed by atoms with Gasteiger partial charge in [-0.2, -0.15) is 0 Å². The van der Waals surface area contributed by atoms with Crippen molar-refractivity contribution in [2.45, 2.75) is 32.6 Å². The number of allylic oxidation sites excluding steroid dienone is 2. The fraction of sp³-hybridized carbons (Fsp3) is 0.412. The molecule has 0 bridgehead atoms. The van der Waals surface area contributed by atoms with Crippen LogP contribution in [0.25, 0.3) is 0 Å². The van der Waals surface area contributed by atoms with E-state index in [0.29, 0.717) is 17.7 Å². The average molecular weight is 314 g/mol. The molecule has 2 aliphatic rings. The summed E-state index contributed by atoms with van der Waals surface area (Å²) in [5, 5.41) is 13.8. The van der Waals surface area contributed by atoms with Crippen LogP contribution in [0, 0.1) is 21.4 Å². The average Bonchev–Trinajstić information content (AvgIpc) is 2.44. The minimum Gasteiger partial charge on any atom is -0.329 e. The second-order valence-corrected chi connectivity index (χ2v) is 6.92. The molecule has 1 aliphatic carbocycles. The molecule has 23 heavy (non-hydrogen) atoms. The predicted octanol–water partition coefficient (Wildman–Crippen LogP) is 2.70. The summed E-state index contributed by atoms with van der Waals surface area (Å²) in [5.74, 6) is -0.861. The minimum atomic E-state index is -0.463. The van der Waals surface area contributed by atoms with Crippen LogP contribution in [-0.4, -0.2) is 16.6 Å². The topological polar surface area (TPSA) is 89.3 Å². The molecule has 0 spiro atoms. The van der Waals surface area contributed by atoms with E-state index in [2.05, 4.69) is 5.32 Å². The molecule has 1 aliphatic heterocycles. The van der Waals surface area contributed by atoms with Crippen molar-refractivity contribution in [2.24, 2.45) is 11.3 Å². The molecular weight excluding hydrogens is 296 g/mol. The van der Waals surface area contributed by atoms with Crippen molar-refractivity contribution >= 4 is 17.4 Å². The zero-order valence-electron chi connectivity index (χ0n) is 13.0. The third-order valence-corrected chi connectivity index (χ3v) is 4.46. The molecule has 1 amide bonds. The van der Waals surface area contributed by atoms with E-state index in [1.807, 2.05) is 19.9 Å². The Kier molecular flexibility index (Phi) is 3.55. The van der Waals surface area contributed by atoms with Crippen molar-refractivity contribution in [3.05, 3.63) is 51.7 Å². The van der Waals surface area contributed by atoms with E-state index in [1.54, 1.807) is 12.1 Å². The highest BCUT2D eigenvalue weighted by Crippen LogP contribution is 2.44. The summed E-state index contributed by atoms with van der Waals surface area (Å²) in [4.78, 5) is 35.2. The van der Waals surface area contributed by atoms with Crippen LogP contribution in [0.2, 0.25) is 0 Å². The van der Waals surface area contributed by atoms with Crippen molar-refractivity contribution < 1.29 is 14.5 Å². The molecule has 0 aromatic heterocycles. The summed E-state index contributed by atoms with van der Waals surface area (Å²) in [6.07, 6.45) is 2.51. The molecule has 1 heterocycles. The van der Waals surface area contributed by atoms with Crippen LogP contribution < -0.4 is 5.32 Å². The Morgan fingerprint density at radius 3 is 2.74 bits per heavy atom. The number of Topliss-reactive ketones (excluding diaryl/α,β-unsaturated/α-hetero) is 1. The summed E-state index contributed by atoms with van der Waals surface area (Å²) in [6, 6.07) is 6.23. The monoisotopic (exact) mass is 314 g/mol. The van der Waals surface area contributed by atoms with Gasteiger partial charge in [-0.1, -0.05) is 32.1 Å². The van der Waals surface area contributed by atoms with Gasteiger partial charge in [-0.05, 0) is 11.0 Å². The van der Waals surface area contributed by atoms with Crippen LogP contribution >= 0.6 is 0 Å². The number of nitro benzene ring substituents is 1. The summed E-state index contributed by atoms with van der Waals surface area (Å²) in [7, 11) is 0. The Morgan fingerprint density at radius 2 is 2.04 bits per heavy atom. The highest BCUT2D eigenvalue weighted by atomic mass is 16.6. The third kappa shape index (κ3) is 2.88. The molecular formula is C17H18N2O4. The molecule has 6 heteroatoms. The number of nitrogens with zero attached hydrogens (tertiary/aromatic N) is 1. The number of benzene rings is 1. The van der Waals surface area contributed by atoms with E-state index in [9.17, 15) is 19.7 Å². The fourth-order valence-electron chi connectivity index (χ4n) is 3.56. The van der Waals surface area contributed by atoms with Gasteiger partial charge in [0.1, 0.15) is 5.78 Å².